The van der Waals surface area contributed by atoms with Crippen LogP contribution in [0, 0.1) is 5.92 Å². The van der Waals surface area contributed by atoms with Gasteiger partial charge < -0.3 is 4.98 Å². The number of hydrogen-bond acceptors (Lipinski definition) is 2. The molecule has 1 aromatic carbocycles. The van der Waals surface area contributed by atoms with Crippen molar-refractivity contribution in [3.05, 3.63) is 53.6 Å². The number of carbonyl (C=O) groups excluding carboxylic acids is 1. The van der Waals surface area contributed by atoms with Gasteiger partial charge in [-0.2, -0.15) is 0 Å². The highest BCUT2D eigenvalue weighted by atomic mass is 16.1. The zero-order valence-corrected chi connectivity index (χ0v) is 10.1. The average molecular weight is 228 g/mol. The highest BCUT2D eigenvalue weighted by Crippen LogP contribution is 2.12. The maximum Gasteiger partial charge on any atom is 0.228 e. The zero-order valence-electron chi connectivity index (χ0n) is 10.1. The van der Waals surface area contributed by atoms with Gasteiger partial charge in [0, 0.05) is 18.0 Å². The van der Waals surface area contributed by atoms with E-state index < -0.39 is 0 Å². The number of imidazole rings is 1. The molecule has 2 aromatic rings. The molecular weight excluding hydrogens is 212 g/mol. The van der Waals surface area contributed by atoms with Gasteiger partial charge in [-0.25, -0.2) is 4.98 Å². The number of nitrogens with zero attached hydrogens (tertiary/aromatic N) is 1. The summed E-state index contributed by atoms with van der Waals surface area (Å²) in [6, 6.07) is 7.76. The van der Waals surface area contributed by atoms with E-state index in [1.54, 1.807) is 12.4 Å². The standard InChI is InChI=1S/C14H16N2O/c1-10(2)8-11-4-3-5-12(9-11)13(17)14-15-6-7-16-14/h3-7,9-10H,8H2,1-2H3,(H,15,16). The molecule has 0 fully saturated rings. The first-order chi connectivity index (χ1) is 8.16. The van der Waals surface area contributed by atoms with Gasteiger partial charge in [-0.1, -0.05) is 32.0 Å². The van der Waals surface area contributed by atoms with Gasteiger partial charge in [0.05, 0.1) is 0 Å². The minimum absolute atomic E-state index is 0.0550. The van der Waals surface area contributed by atoms with Crippen LogP contribution in [0.4, 0.5) is 0 Å². The number of ketones is 1. The Labute approximate surface area is 101 Å². The molecule has 0 spiro atoms. The summed E-state index contributed by atoms with van der Waals surface area (Å²) in [6.45, 7) is 4.34. The minimum Gasteiger partial charge on any atom is -0.342 e. The van der Waals surface area contributed by atoms with Gasteiger partial charge in [0.1, 0.15) is 0 Å². The number of aromatic amines is 1. The van der Waals surface area contributed by atoms with Crippen molar-refractivity contribution in [1.82, 2.24) is 9.97 Å². The highest BCUT2D eigenvalue weighted by Gasteiger charge is 2.11. The first-order valence-corrected chi connectivity index (χ1v) is 5.80. The van der Waals surface area contributed by atoms with Gasteiger partial charge in [0.25, 0.3) is 0 Å². The van der Waals surface area contributed by atoms with Crippen LogP contribution in [0.2, 0.25) is 0 Å². The quantitative estimate of drug-likeness (QED) is 0.818. The van der Waals surface area contributed by atoms with Gasteiger partial charge in [-0.15, -0.1) is 0 Å². The Hall–Kier alpha value is -1.90. The van der Waals surface area contributed by atoms with Crippen molar-refractivity contribution in [3.63, 3.8) is 0 Å². The molecule has 3 heteroatoms. The van der Waals surface area contributed by atoms with Crippen LogP contribution in [0.5, 0.6) is 0 Å². The molecule has 88 valence electrons. The lowest BCUT2D eigenvalue weighted by Gasteiger charge is -2.06. The number of hydrogen-bond donors (Lipinski definition) is 1. The van der Waals surface area contributed by atoms with Gasteiger partial charge in [-0.05, 0) is 24.0 Å². The lowest BCUT2D eigenvalue weighted by molar-refractivity contribution is 0.103. The molecule has 0 aliphatic heterocycles. The third-order valence-corrected chi connectivity index (χ3v) is 2.55. The maximum atomic E-state index is 12.1. The number of benzene rings is 1. The van der Waals surface area contributed by atoms with E-state index in [4.69, 9.17) is 0 Å². The number of rotatable bonds is 4. The van der Waals surface area contributed by atoms with Crippen molar-refractivity contribution in [2.75, 3.05) is 0 Å². The first-order valence-electron chi connectivity index (χ1n) is 5.80. The van der Waals surface area contributed by atoms with Crippen molar-refractivity contribution in [2.24, 2.45) is 5.92 Å². The molecule has 3 nitrogen and oxygen atoms in total. The minimum atomic E-state index is -0.0550. The van der Waals surface area contributed by atoms with E-state index in [0.717, 1.165) is 6.42 Å². The van der Waals surface area contributed by atoms with Crippen molar-refractivity contribution in [1.29, 1.82) is 0 Å². The Morgan fingerprint density at radius 3 is 2.88 bits per heavy atom. The van der Waals surface area contributed by atoms with Crippen molar-refractivity contribution >= 4 is 5.78 Å². The fourth-order valence-electron chi connectivity index (χ4n) is 1.84. The smallest absolute Gasteiger partial charge is 0.228 e. The monoisotopic (exact) mass is 228 g/mol. The lowest BCUT2D eigenvalue weighted by atomic mass is 9.99. The summed E-state index contributed by atoms with van der Waals surface area (Å²) in [7, 11) is 0. The van der Waals surface area contributed by atoms with E-state index in [2.05, 4.69) is 29.9 Å². The van der Waals surface area contributed by atoms with E-state index in [0.29, 0.717) is 17.3 Å². The van der Waals surface area contributed by atoms with E-state index >= 15 is 0 Å². The molecule has 0 aliphatic carbocycles. The molecule has 2 rings (SSSR count). The summed E-state index contributed by atoms with van der Waals surface area (Å²) >= 11 is 0. The highest BCUT2D eigenvalue weighted by molar-refractivity contribution is 6.06. The molecule has 0 aliphatic rings. The summed E-state index contributed by atoms with van der Waals surface area (Å²) in [5.41, 5.74) is 1.88. The van der Waals surface area contributed by atoms with Crippen LogP contribution >= 0.6 is 0 Å². The Balaban J connectivity index is 2.24. The normalized spacial score (nSPS) is 10.8. The number of carbonyl (C=O) groups is 1. The number of nitrogens with one attached hydrogen (secondary N) is 1. The maximum absolute atomic E-state index is 12.1. The molecule has 0 atom stereocenters. The SMILES string of the molecule is CC(C)Cc1cccc(C(=O)c2ncc[nH]2)c1. The van der Waals surface area contributed by atoms with E-state index in [9.17, 15) is 4.79 Å². The van der Waals surface area contributed by atoms with Crippen molar-refractivity contribution in [2.45, 2.75) is 20.3 Å². The summed E-state index contributed by atoms with van der Waals surface area (Å²) in [6.07, 6.45) is 4.23. The van der Waals surface area contributed by atoms with Crippen molar-refractivity contribution < 1.29 is 4.79 Å². The average Bonchev–Trinajstić information content (AvgIpc) is 2.81. The molecule has 17 heavy (non-hydrogen) atoms. The number of aromatic nitrogens is 2. The molecule has 1 heterocycles. The van der Waals surface area contributed by atoms with Gasteiger partial charge in [0.2, 0.25) is 5.78 Å². The van der Waals surface area contributed by atoms with Crippen LogP contribution in [0.15, 0.2) is 36.7 Å². The predicted octanol–water partition coefficient (Wildman–Crippen LogP) is 2.84. The second-order valence-corrected chi connectivity index (χ2v) is 4.57. The molecule has 0 saturated carbocycles. The van der Waals surface area contributed by atoms with Crippen LogP contribution in [0.1, 0.15) is 35.6 Å². The van der Waals surface area contributed by atoms with E-state index in [1.165, 1.54) is 5.56 Å². The van der Waals surface area contributed by atoms with Crippen LogP contribution < -0.4 is 0 Å². The Kier molecular flexibility index (Phi) is 3.38. The third kappa shape index (κ3) is 2.81. The van der Waals surface area contributed by atoms with E-state index in [1.807, 2.05) is 18.2 Å². The predicted molar refractivity (Wildman–Crippen MR) is 67.0 cm³/mol. The van der Waals surface area contributed by atoms with Gasteiger partial charge in [0.15, 0.2) is 5.82 Å². The molecule has 0 saturated heterocycles. The van der Waals surface area contributed by atoms with Crippen LogP contribution in [-0.2, 0) is 6.42 Å². The summed E-state index contributed by atoms with van der Waals surface area (Å²) in [5, 5.41) is 0. The summed E-state index contributed by atoms with van der Waals surface area (Å²) in [4.78, 5) is 18.9. The second kappa shape index (κ2) is 4.95. The fourth-order valence-corrected chi connectivity index (χ4v) is 1.84. The molecule has 1 N–H and O–H groups in total. The molecule has 0 unspecified atom stereocenters. The summed E-state index contributed by atoms with van der Waals surface area (Å²) < 4.78 is 0. The third-order valence-electron chi connectivity index (χ3n) is 2.55. The largest absolute Gasteiger partial charge is 0.342 e. The zero-order chi connectivity index (χ0) is 12.3. The Bertz CT molecular complexity index is 501. The van der Waals surface area contributed by atoms with Crippen molar-refractivity contribution in [3.8, 4) is 0 Å². The first kappa shape index (κ1) is 11.6. The molecular formula is C14H16N2O. The lowest BCUT2D eigenvalue weighted by Crippen LogP contribution is -2.04. The van der Waals surface area contributed by atoms with Crippen LogP contribution in [-0.4, -0.2) is 15.8 Å². The van der Waals surface area contributed by atoms with Crippen LogP contribution in [0.3, 0.4) is 0 Å². The van der Waals surface area contributed by atoms with Crippen LogP contribution in [0.25, 0.3) is 0 Å². The Morgan fingerprint density at radius 2 is 2.24 bits per heavy atom. The number of H-pyrrole nitrogens is 1. The summed E-state index contributed by atoms with van der Waals surface area (Å²) in [5.74, 6) is 0.927. The topological polar surface area (TPSA) is 45.8 Å². The molecule has 1 aromatic heterocycles. The molecule has 0 radical (unpaired) electrons. The molecule has 0 bridgehead atoms. The Morgan fingerprint density at radius 1 is 1.41 bits per heavy atom. The molecule has 0 amide bonds. The van der Waals surface area contributed by atoms with E-state index in [-0.39, 0.29) is 5.78 Å². The van der Waals surface area contributed by atoms with Gasteiger partial charge >= 0.3 is 0 Å². The fraction of sp³-hybridized carbons (Fsp3) is 0.286. The second-order valence-electron chi connectivity index (χ2n) is 4.57. The van der Waals surface area contributed by atoms with Gasteiger partial charge in [-0.3, -0.25) is 4.79 Å².